The Morgan fingerprint density at radius 3 is 2.65 bits per heavy atom. The number of aryl methyl sites for hydroxylation is 2. The zero-order chi connectivity index (χ0) is 18.7. The molecular weight excluding hydrogens is 339 g/mol. The number of hydrogen-bond acceptors (Lipinski definition) is 6. The van der Waals surface area contributed by atoms with Crippen molar-refractivity contribution in [2.24, 2.45) is 0 Å². The summed E-state index contributed by atoms with van der Waals surface area (Å²) in [6.45, 7) is 3.36. The smallest absolute Gasteiger partial charge is 0.338 e. The fourth-order valence-electron chi connectivity index (χ4n) is 2.32. The summed E-state index contributed by atoms with van der Waals surface area (Å²) in [4.78, 5) is 16.3. The molecule has 0 bridgehead atoms. The van der Waals surface area contributed by atoms with Crippen molar-refractivity contribution in [1.29, 1.82) is 0 Å². The number of esters is 1. The minimum atomic E-state index is -0.538. The Bertz CT molecular complexity index is 952. The van der Waals surface area contributed by atoms with Crippen molar-refractivity contribution in [2.75, 3.05) is 7.11 Å². The highest BCUT2D eigenvalue weighted by atomic mass is 19.1. The first kappa shape index (κ1) is 17.6. The van der Waals surface area contributed by atoms with Gasteiger partial charge in [-0.15, -0.1) is 0 Å². The van der Waals surface area contributed by atoms with Crippen LogP contribution in [0.1, 0.15) is 27.4 Å². The molecule has 0 spiro atoms. The molecule has 0 aliphatic rings. The van der Waals surface area contributed by atoms with E-state index in [4.69, 9.17) is 14.0 Å². The fourth-order valence-corrected chi connectivity index (χ4v) is 2.32. The van der Waals surface area contributed by atoms with Gasteiger partial charge >= 0.3 is 5.97 Å². The van der Waals surface area contributed by atoms with Crippen molar-refractivity contribution in [1.82, 2.24) is 10.1 Å². The maximum Gasteiger partial charge on any atom is 0.338 e. The largest absolute Gasteiger partial charge is 0.496 e. The Morgan fingerprint density at radius 1 is 1.15 bits per heavy atom. The molecule has 0 aliphatic carbocycles. The SMILES string of the molecule is COc1cc(C(=O)OCc2nc(-c3ccc(C)c(F)c3)no2)ccc1C. The average Bonchev–Trinajstić information content (AvgIpc) is 3.11. The third kappa shape index (κ3) is 3.72. The van der Waals surface area contributed by atoms with Crippen LogP contribution in [0.15, 0.2) is 40.9 Å². The molecule has 7 heteroatoms. The highest BCUT2D eigenvalue weighted by molar-refractivity contribution is 5.90. The Kier molecular flexibility index (Phi) is 4.97. The van der Waals surface area contributed by atoms with Crippen LogP contribution in [0, 0.1) is 19.7 Å². The molecule has 0 N–H and O–H groups in total. The van der Waals surface area contributed by atoms with Crippen LogP contribution in [0.25, 0.3) is 11.4 Å². The number of methoxy groups -OCH3 is 1. The van der Waals surface area contributed by atoms with Crippen LogP contribution in [-0.4, -0.2) is 23.2 Å². The van der Waals surface area contributed by atoms with Gasteiger partial charge in [-0.3, -0.25) is 0 Å². The van der Waals surface area contributed by atoms with E-state index in [9.17, 15) is 9.18 Å². The van der Waals surface area contributed by atoms with Gasteiger partial charge in [0.15, 0.2) is 6.61 Å². The first-order valence-electron chi connectivity index (χ1n) is 7.89. The number of nitrogens with zero attached hydrogens (tertiary/aromatic N) is 2. The van der Waals surface area contributed by atoms with Crippen molar-refractivity contribution >= 4 is 5.97 Å². The summed E-state index contributed by atoms with van der Waals surface area (Å²) in [6.07, 6.45) is 0. The third-order valence-electron chi connectivity index (χ3n) is 3.87. The Hall–Kier alpha value is -3.22. The molecule has 0 amide bonds. The molecule has 3 rings (SSSR count). The molecule has 1 aromatic heterocycles. The maximum absolute atomic E-state index is 13.6. The van der Waals surface area contributed by atoms with Crippen LogP contribution in [0.4, 0.5) is 4.39 Å². The summed E-state index contributed by atoms with van der Waals surface area (Å²) in [5.74, 6) is 0.0549. The lowest BCUT2D eigenvalue weighted by molar-refractivity contribution is 0.0429. The minimum absolute atomic E-state index is 0.119. The van der Waals surface area contributed by atoms with E-state index >= 15 is 0 Å². The molecule has 1 heterocycles. The summed E-state index contributed by atoms with van der Waals surface area (Å²) in [5.41, 5.74) is 2.28. The summed E-state index contributed by atoms with van der Waals surface area (Å²) in [5, 5.41) is 3.78. The standard InChI is InChI=1S/C19H17FN2O4/c1-11-4-6-13(8-15(11)20)18-21-17(26-22-18)10-25-19(23)14-7-5-12(2)16(9-14)24-3/h4-9H,10H2,1-3H3. The first-order chi connectivity index (χ1) is 12.5. The van der Waals surface area contributed by atoms with E-state index < -0.39 is 5.97 Å². The number of ether oxygens (including phenoxy) is 2. The van der Waals surface area contributed by atoms with Gasteiger partial charge in [-0.05, 0) is 43.2 Å². The molecule has 3 aromatic rings. The number of benzene rings is 2. The molecule has 0 radical (unpaired) electrons. The lowest BCUT2D eigenvalue weighted by Crippen LogP contribution is -2.06. The van der Waals surface area contributed by atoms with E-state index in [-0.39, 0.29) is 24.1 Å². The predicted molar refractivity (Wildman–Crippen MR) is 91.3 cm³/mol. The van der Waals surface area contributed by atoms with Crippen LogP contribution in [-0.2, 0) is 11.3 Å². The lowest BCUT2D eigenvalue weighted by Gasteiger charge is -2.07. The second kappa shape index (κ2) is 7.35. The second-order valence-electron chi connectivity index (χ2n) is 5.74. The van der Waals surface area contributed by atoms with Crippen molar-refractivity contribution in [3.05, 3.63) is 64.8 Å². The molecule has 134 valence electrons. The predicted octanol–water partition coefficient (Wildman–Crippen LogP) is 3.86. The number of carbonyl (C=O) groups excluding carboxylic acids is 1. The second-order valence-corrected chi connectivity index (χ2v) is 5.74. The molecule has 26 heavy (non-hydrogen) atoms. The number of hydrogen-bond donors (Lipinski definition) is 0. The summed E-state index contributed by atoms with van der Waals surface area (Å²) < 4.78 is 29.1. The third-order valence-corrected chi connectivity index (χ3v) is 3.87. The van der Waals surface area contributed by atoms with Gasteiger partial charge in [0, 0.05) is 5.56 Å². The quantitative estimate of drug-likeness (QED) is 0.646. The topological polar surface area (TPSA) is 74.5 Å². The maximum atomic E-state index is 13.6. The fraction of sp³-hybridized carbons (Fsp3) is 0.211. The molecule has 0 atom stereocenters. The monoisotopic (exact) mass is 356 g/mol. The van der Waals surface area contributed by atoms with Crippen molar-refractivity contribution < 1.29 is 23.2 Å². The molecule has 0 aliphatic heterocycles. The van der Waals surface area contributed by atoms with Gasteiger partial charge in [0.2, 0.25) is 5.82 Å². The van der Waals surface area contributed by atoms with E-state index in [0.717, 1.165) is 5.56 Å². The highest BCUT2D eigenvalue weighted by Gasteiger charge is 2.14. The van der Waals surface area contributed by atoms with E-state index in [1.165, 1.54) is 13.2 Å². The Labute approximate surface area is 149 Å². The number of halogens is 1. The molecule has 0 saturated heterocycles. The summed E-state index contributed by atoms with van der Waals surface area (Å²) in [6, 6.07) is 9.67. The van der Waals surface area contributed by atoms with Gasteiger partial charge in [0.25, 0.3) is 5.89 Å². The Balaban J connectivity index is 1.68. The van der Waals surface area contributed by atoms with Crippen LogP contribution in [0.3, 0.4) is 0 Å². The van der Waals surface area contributed by atoms with Crippen molar-refractivity contribution in [3.8, 4) is 17.1 Å². The molecular formula is C19H17FN2O4. The highest BCUT2D eigenvalue weighted by Crippen LogP contribution is 2.21. The van der Waals surface area contributed by atoms with Crippen molar-refractivity contribution in [3.63, 3.8) is 0 Å². The van der Waals surface area contributed by atoms with Gasteiger partial charge in [0.1, 0.15) is 11.6 Å². The van der Waals surface area contributed by atoms with Crippen LogP contribution in [0.5, 0.6) is 5.75 Å². The summed E-state index contributed by atoms with van der Waals surface area (Å²) >= 11 is 0. The normalized spacial score (nSPS) is 10.6. The van der Waals surface area contributed by atoms with Crippen LogP contribution < -0.4 is 4.74 Å². The number of carbonyl (C=O) groups is 1. The molecule has 2 aromatic carbocycles. The lowest BCUT2D eigenvalue weighted by atomic mass is 10.1. The van der Waals surface area contributed by atoms with E-state index in [2.05, 4.69) is 10.1 Å². The number of aromatic nitrogens is 2. The molecule has 0 fully saturated rings. The van der Waals surface area contributed by atoms with E-state index in [0.29, 0.717) is 22.4 Å². The zero-order valence-electron chi connectivity index (χ0n) is 14.6. The molecule has 0 saturated carbocycles. The Morgan fingerprint density at radius 2 is 1.92 bits per heavy atom. The zero-order valence-corrected chi connectivity index (χ0v) is 14.6. The minimum Gasteiger partial charge on any atom is -0.496 e. The van der Waals surface area contributed by atoms with Gasteiger partial charge in [-0.1, -0.05) is 23.4 Å². The molecule has 0 unspecified atom stereocenters. The average molecular weight is 356 g/mol. The van der Waals surface area contributed by atoms with E-state index in [1.54, 1.807) is 37.3 Å². The van der Waals surface area contributed by atoms with Gasteiger partial charge in [-0.2, -0.15) is 4.98 Å². The van der Waals surface area contributed by atoms with E-state index in [1.807, 2.05) is 6.92 Å². The summed E-state index contributed by atoms with van der Waals surface area (Å²) in [7, 11) is 1.53. The van der Waals surface area contributed by atoms with Gasteiger partial charge in [-0.25, -0.2) is 9.18 Å². The van der Waals surface area contributed by atoms with Crippen LogP contribution in [0.2, 0.25) is 0 Å². The molecule has 6 nitrogen and oxygen atoms in total. The van der Waals surface area contributed by atoms with Gasteiger partial charge in [0.05, 0.1) is 12.7 Å². The van der Waals surface area contributed by atoms with Crippen LogP contribution >= 0.6 is 0 Å². The van der Waals surface area contributed by atoms with Crippen molar-refractivity contribution in [2.45, 2.75) is 20.5 Å². The first-order valence-corrected chi connectivity index (χ1v) is 7.89. The van der Waals surface area contributed by atoms with Gasteiger partial charge < -0.3 is 14.0 Å². The number of rotatable bonds is 5.